The number of allylic oxidation sites excluding steroid dienone is 1. The summed E-state index contributed by atoms with van der Waals surface area (Å²) in [5.74, 6) is 1.33. The summed E-state index contributed by atoms with van der Waals surface area (Å²) in [6, 6.07) is 10.8. The molecule has 1 fully saturated rings. The number of benzene rings is 1. The quantitative estimate of drug-likeness (QED) is 0.510. The predicted molar refractivity (Wildman–Crippen MR) is 127 cm³/mol. The number of likely N-dealkylation sites (tertiary alicyclic amines) is 1. The number of aromatic nitrogens is 3. The molecule has 4 aromatic rings. The number of furan rings is 1. The number of piperidine rings is 1. The Kier molecular flexibility index (Phi) is 4.57. The molecule has 1 amide bonds. The molecule has 2 N–H and O–H groups in total. The summed E-state index contributed by atoms with van der Waals surface area (Å²) < 4.78 is 8.26. The van der Waals surface area contributed by atoms with Crippen molar-refractivity contribution in [3.05, 3.63) is 71.9 Å². The first-order valence-electron chi connectivity index (χ1n) is 11.4. The first kappa shape index (κ1) is 19.8. The summed E-state index contributed by atoms with van der Waals surface area (Å²) in [6.07, 6.45) is 10.7. The zero-order chi connectivity index (χ0) is 22.5. The molecule has 0 atom stereocenters. The first-order chi connectivity index (χ1) is 16.1. The fourth-order valence-electron chi connectivity index (χ4n) is 5.04. The van der Waals surface area contributed by atoms with E-state index in [4.69, 9.17) is 10.2 Å². The Bertz CT molecular complexity index is 1410. The summed E-state index contributed by atoms with van der Waals surface area (Å²) in [5.41, 5.74) is 12.3. The number of amides is 1. The largest absolute Gasteiger partial charge is 0.452 e. The lowest BCUT2D eigenvalue weighted by molar-refractivity contribution is -0.130. The molecule has 0 spiro atoms. The number of nitrogens with zero attached hydrogens (tertiary/aromatic N) is 4. The van der Waals surface area contributed by atoms with Crippen molar-refractivity contribution in [3.8, 4) is 11.1 Å². The molecule has 0 unspecified atom stereocenters. The zero-order valence-electron chi connectivity index (χ0n) is 18.5. The summed E-state index contributed by atoms with van der Waals surface area (Å²) in [5, 5.41) is 5.58. The van der Waals surface area contributed by atoms with Crippen LogP contribution < -0.4 is 5.73 Å². The summed E-state index contributed by atoms with van der Waals surface area (Å²) in [4.78, 5) is 17.9. The Morgan fingerprint density at radius 1 is 1.15 bits per heavy atom. The SMILES string of the molecule is CC(=O)N1CCC(n2cc(-c3cnc(N)c4oc(C5=CCc6ccccc65)cc34)cn2)CC1. The van der Waals surface area contributed by atoms with E-state index in [0.29, 0.717) is 11.4 Å². The third kappa shape index (κ3) is 3.31. The number of carbonyl (C=O) groups is 1. The van der Waals surface area contributed by atoms with Gasteiger partial charge in [0.2, 0.25) is 5.91 Å². The molecule has 3 aromatic heterocycles. The van der Waals surface area contributed by atoms with Gasteiger partial charge in [-0.2, -0.15) is 5.10 Å². The maximum absolute atomic E-state index is 11.6. The second-order valence-corrected chi connectivity index (χ2v) is 8.84. The van der Waals surface area contributed by atoms with Crippen molar-refractivity contribution in [1.29, 1.82) is 0 Å². The van der Waals surface area contributed by atoms with Crippen molar-refractivity contribution < 1.29 is 9.21 Å². The zero-order valence-corrected chi connectivity index (χ0v) is 18.5. The Hall–Kier alpha value is -3.87. The van der Waals surface area contributed by atoms with Gasteiger partial charge in [0.25, 0.3) is 0 Å². The molecule has 4 heterocycles. The van der Waals surface area contributed by atoms with Crippen LogP contribution in [0.4, 0.5) is 5.82 Å². The topological polar surface area (TPSA) is 90.2 Å². The lowest BCUT2D eigenvalue weighted by Gasteiger charge is -2.31. The third-order valence-electron chi connectivity index (χ3n) is 6.88. The maximum atomic E-state index is 11.6. The molecule has 33 heavy (non-hydrogen) atoms. The van der Waals surface area contributed by atoms with Crippen LogP contribution in [0.25, 0.3) is 27.7 Å². The van der Waals surface area contributed by atoms with Crippen molar-refractivity contribution >= 4 is 28.3 Å². The summed E-state index contributed by atoms with van der Waals surface area (Å²) in [6.45, 7) is 3.17. The third-order valence-corrected chi connectivity index (χ3v) is 6.88. The van der Waals surface area contributed by atoms with Gasteiger partial charge in [0.05, 0.1) is 12.2 Å². The number of rotatable bonds is 3. The normalized spacial score (nSPS) is 16.3. The minimum atomic E-state index is 0.140. The van der Waals surface area contributed by atoms with Gasteiger partial charge in [-0.15, -0.1) is 0 Å². The molecular weight excluding hydrogens is 414 g/mol. The van der Waals surface area contributed by atoms with Crippen LogP contribution in [0.5, 0.6) is 0 Å². The van der Waals surface area contributed by atoms with Crippen LogP contribution in [-0.4, -0.2) is 38.7 Å². The van der Waals surface area contributed by atoms with Crippen molar-refractivity contribution in [2.24, 2.45) is 0 Å². The number of hydrogen-bond donors (Lipinski definition) is 1. The average molecular weight is 440 g/mol. The van der Waals surface area contributed by atoms with Gasteiger partial charge in [-0.3, -0.25) is 9.48 Å². The second-order valence-electron chi connectivity index (χ2n) is 8.84. The van der Waals surface area contributed by atoms with Crippen molar-refractivity contribution in [3.63, 3.8) is 0 Å². The maximum Gasteiger partial charge on any atom is 0.219 e. The van der Waals surface area contributed by atoms with E-state index in [1.807, 2.05) is 15.8 Å². The van der Waals surface area contributed by atoms with E-state index in [-0.39, 0.29) is 11.9 Å². The van der Waals surface area contributed by atoms with Gasteiger partial charge in [-0.25, -0.2) is 4.98 Å². The van der Waals surface area contributed by atoms with Crippen LogP contribution in [0, 0.1) is 0 Å². The molecule has 166 valence electrons. The molecule has 0 bridgehead atoms. The summed E-state index contributed by atoms with van der Waals surface area (Å²) >= 11 is 0. The van der Waals surface area contributed by atoms with Gasteiger partial charge in [-0.1, -0.05) is 30.3 Å². The summed E-state index contributed by atoms with van der Waals surface area (Å²) in [7, 11) is 0. The highest BCUT2D eigenvalue weighted by atomic mass is 16.3. The highest BCUT2D eigenvalue weighted by molar-refractivity contribution is 6.00. The fraction of sp³-hybridized carbons (Fsp3) is 0.269. The van der Waals surface area contributed by atoms with E-state index in [9.17, 15) is 4.79 Å². The molecule has 0 radical (unpaired) electrons. The van der Waals surface area contributed by atoms with Crippen LogP contribution in [0.3, 0.4) is 0 Å². The van der Waals surface area contributed by atoms with E-state index in [1.54, 1.807) is 13.1 Å². The van der Waals surface area contributed by atoms with Crippen LogP contribution in [0.2, 0.25) is 0 Å². The van der Waals surface area contributed by atoms with Crippen LogP contribution in [0.15, 0.2) is 59.4 Å². The first-order valence-corrected chi connectivity index (χ1v) is 11.4. The lowest BCUT2D eigenvalue weighted by atomic mass is 10.0. The fourth-order valence-corrected chi connectivity index (χ4v) is 5.04. The van der Waals surface area contributed by atoms with Gasteiger partial charge < -0.3 is 15.1 Å². The Morgan fingerprint density at radius 2 is 1.97 bits per heavy atom. The minimum absolute atomic E-state index is 0.140. The van der Waals surface area contributed by atoms with Crippen molar-refractivity contribution in [2.75, 3.05) is 18.8 Å². The smallest absolute Gasteiger partial charge is 0.219 e. The monoisotopic (exact) mass is 439 g/mol. The molecule has 0 saturated carbocycles. The van der Waals surface area contributed by atoms with Gasteiger partial charge in [0.15, 0.2) is 11.4 Å². The molecule has 1 aromatic carbocycles. The van der Waals surface area contributed by atoms with Crippen LogP contribution in [0.1, 0.15) is 42.7 Å². The molecule has 1 aliphatic heterocycles. The van der Waals surface area contributed by atoms with E-state index in [2.05, 4.69) is 52.7 Å². The Balaban J connectivity index is 1.34. The van der Waals surface area contributed by atoms with E-state index >= 15 is 0 Å². The highest BCUT2D eigenvalue weighted by Gasteiger charge is 2.24. The molecular formula is C26H25N5O2. The number of pyridine rings is 1. The van der Waals surface area contributed by atoms with Crippen molar-refractivity contribution in [1.82, 2.24) is 19.7 Å². The van der Waals surface area contributed by atoms with Crippen LogP contribution in [-0.2, 0) is 11.2 Å². The molecule has 7 nitrogen and oxygen atoms in total. The number of nitrogen functional groups attached to an aromatic ring is 1. The van der Waals surface area contributed by atoms with E-state index in [0.717, 1.165) is 60.2 Å². The molecule has 6 rings (SSSR count). The molecule has 2 aliphatic rings. The number of hydrogen-bond acceptors (Lipinski definition) is 5. The number of carbonyl (C=O) groups excluding carboxylic acids is 1. The van der Waals surface area contributed by atoms with Gasteiger partial charge >= 0.3 is 0 Å². The Labute approximate surface area is 191 Å². The predicted octanol–water partition coefficient (Wildman–Crippen LogP) is 4.44. The highest BCUT2D eigenvalue weighted by Crippen LogP contribution is 2.39. The van der Waals surface area contributed by atoms with Gasteiger partial charge in [0, 0.05) is 54.5 Å². The number of anilines is 1. The van der Waals surface area contributed by atoms with Gasteiger partial charge in [-0.05, 0) is 36.5 Å². The van der Waals surface area contributed by atoms with Gasteiger partial charge in [0.1, 0.15) is 5.76 Å². The standard InChI is InChI=1S/C26H25N5O2/c1-16(32)30-10-8-19(9-11-30)31-15-18(13-29-31)23-14-28-26(27)25-22(23)12-24(33-25)21-7-6-17-4-2-3-5-20(17)21/h2-5,7,12-15,19H,6,8-11H2,1H3,(H2,27,28). The van der Waals surface area contributed by atoms with E-state index in [1.165, 1.54) is 11.1 Å². The van der Waals surface area contributed by atoms with Crippen molar-refractivity contribution in [2.45, 2.75) is 32.2 Å². The lowest BCUT2D eigenvalue weighted by Crippen LogP contribution is -2.37. The minimum Gasteiger partial charge on any atom is -0.452 e. The Morgan fingerprint density at radius 3 is 2.79 bits per heavy atom. The molecule has 1 aliphatic carbocycles. The molecule has 1 saturated heterocycles. The van der Waals surface area contributed by atoms with Crippen LogP contribution >= 0.6 is 0 Å². The molecule has 7 heteroatoms. The number of fused-ring (bicyclic) bond motifs is 2. The second kappa shape index (κ2) is 7.62. The van der Waals surface area contributed by atoms with E-state index < -0.39 is 0 Å². The average Bonchev–Trinajstić information content (AvgIpc) is 3.57. The number of nitrogens with two attached hydrogens (primary N) is 1.